The molecule has 0 aromatic heterocycles. The van der Waals surface area contributed by atoms with Crippen molar-refractivity contribution < 1.29 is 0 Å². The van der Waals surface area contributed by atoms with E-state index in [9.17, 15) is 0 Å². The van der Waals surface area contributed by atoms with Crippen LogP contribution in [0, 0.1) is 0 Å². The molecule has 0 fully saturated rings. The van der Waals surface area contributed by atoms with Crippen LogP contribution in [-0.2, 0) is 6.42 Å². The third kappa shape index (κ3) is 4.53. The fourth-order valence-electron chi connectivity index (χ4n) is 1.78. The number of nitrogens with two attached hydrogens (primary N) is 1. The number of benzene rings is 2. The van der Waals surface area contributed by atoms with E-state index in [-0.39, 0.29) is 6.04 Å². The fraction of sp³-hybridized carbons (Fsp3) is 0.200. The van der Waals surface area contributed by atoms with Crippen molar-refractivity contribution in [1.82, 2.24) is 0 Å². The molecule has 2 aromatic carbocycles. The first-order valence-electron chi connectivity index (χ1n) is 6.02. The Hall–Kier alpha value is -0.480. The van der Waals surface area contributed by atoms with Crippen LogP contribution < -0.4 is 5.73 Å². The summed E-state index contributed by atoms with van der Waals surface area (Å²) in [5.74, 6) is 0. The van der Waals surface area contributed by atoms with Crippen LogP contribution >= 0.6 is 39.3 Å². The first-order chi connectivity index (χ1) is 9.04. The van der Waals surface area contributed by atoms with Crippen LogP contribution in [0.5, 0.6) is 0 Å². The molecule has 1 atom stereocenters. The molecule has 0 aliphatic rings. The molecule has 2 aromatic rings. The van der Waals surface area contributed by atoms with E-state index in [2.05, 4.69) is 40.2 Å². The third-order valence-corrected chi connectivity index (χ3v) is 4.56. The van der Waals surface area contributed by atoms with E-state index >= 15 is 0 Å². The molecular weight excluding hydrogens is 342 g/mol. The van der Waals surface area contributed by atoms with Crippen molar-refractivity contribution in [3.05, 3.63) is 57.5 Å². The van der Waals surface area contributed by atoms with Crippen molar-refractivity contribution in [3.8, 4) is 0 Å². The van der Waals surface area contributed by atoms with E-state index in [0.717, 1.165) is 25.7 Å². The Bertz CT molecular complexity index is 572. The number of hydrogen-bond donors (Lipinski definition) is 1. The van der Waals surface area contributed by atoms with Gasteiger partial charge in [-0.1, -0.05) is 51.4 Å². The second kappa shape index (κ2) is 6.80. The minimum atomic E-state index is 0.152. The molecule has 0 saturated heterocycles. The quantitative estimate of drug-likeness (QED) is 0.820. The second-order valence-corrected chi connectivity index (χ2v) is 6.94. The van der Waals surface area contributed by atoms with E-state index in [1.165, 1.54) is 5.56 Å². The van der Waals surface area contributed by atoms with Gasteiger partial charge < -0.3 is 5.73 Å². The zero-order valence-corrected chi connectivity index (χ0v) is 13.7. The zero-order valence-electron chi connectivity index (χ0n) is 10.6. The molecule has 100 valence electrons. The Balaban J connectivity index is 2.17. The van der Waals surface area contributed by atoms with Crippen molar-refractivity contribution in [1.29, 1.82) is 0 Å². The largest absolute Gasteiger partial charge is 0.328 e. The topological polar surface area (TPSA) is 26.0 Å². The number of hydrogen-bond acceptors (Lipinski definition) is 2. The van der Waals surface area contributed by atoms with Gasteiger partial charge in [0.25, 0.3) is 0 Å². The van der Waals surface area contributed by atoms with E-state index < -0.39 is 0 Å². The summed E-state index contributed by atoms with van der Waals surface area (Å²) in [6.07, 6.45) is 0.849. The Morgan fingerprint density at radius 3 is 2.68 bits per heavy atom. The van der Waals surface area contributed by atoms with Crippen LogP contribution in [0.1, 0.15) is 12.5 Å². The lowest BCUT2D eigenvalue weighted by Crippen LogP contribution is -2.17. The SMILES string of the molecule is CC(N)Cc1ccc(Sc2cccc(Br)c2)c(Cl)c1. The Morgan fingerprint density at radius 2 is 2.05 bits per heavy atom. The monoisotopic (exact) mass is 355 g/mol. The lowest BCUT2D eigenvalue weighted by atomic mass is 10.1. The maximum atomic E-state index is 6.33. The average molecular weight is 357 g/mol. The highest BCUT2D eigenvalue weighted by Crippen LogP contribution is 2.34. The Morgan fingerprint density at radius 1 is 1.26 bits per heavy atom. The van der Waals surface area contributed by atoms with Gasteiger partial charge in [-0.05, 0) is 49.2 Å². The van der Waals surface area contributed by atoms with Crippen LogP contribution in [0.3, 0.4) is 0 Å². The molecule has 1 nitrogen and oxygen atoms in total. The maximum Gasteiger partial charge on any atom is 0.0548 e. The van der Waals surface area contributed by atoms with Gasteiger partial charge in [0.2, 0.25) is 0 Å². The minimum Gasteiger partial charge on any atom is -0.328 e. The average Bonchev–Trinajstić information content (AvgIpc) is 2.32. The summed E-state index contributed by atoms with van der Waals surface area (Å²) in [4.78, 5) is 2.23. The lowest BCUT2D eigenvalue weighted by Gasteiger charge is -2.09. The van der Waals surface area contributed by atoms with Gasteiger partial charge in [-0.25, -0.2) is 0 Å². The summed E-state index contributed by atoms with van der Waals surface area (Å²) in [5, 5.41) is 0.781. The second-order valence-electron chi connectivity index (χ2n) is 4.51. The molecule has 0 saturated carbocycles. The lowest BCUT2D eigenvalue weighted by molar-refractivity contribution is 0.738. The van der Waals surface area contributed by atoms with Gasteiger partial charge >= 0.3 is 0 Å². The predicted octanol–water partition coefficient (Wildman–Crippen LogP) is 5.14. The summed E-state index contributed by atoms with van der Waals surface area (Å²) >= 11 is 11.5. The third-order valence-electron chi connectivity index (χ3n) is 2.58. The van der Waals surface area contributed by atoms with Gasteiger partial charge in [-0.3, -0.25) is 0 Å². The first kappa shape index (κ1) is 14.9. The normalized spacial score (nSPS) is 12.4. The van der Waals surface area contributed by atoms with E-state index in [1.807, 2.05) is 25.1 Å². The molecule has 2 rings (SSSR count). The Labute approximate surface area is 131 Å². The molecule has 1 unspecified atom stereocenters. The van der Waals surface area contributed by atoms with Crippen LogP contribution in [0.4, 0.5) is 0 Å². The zero-order chi connectivity index (χ0) is 13.8. The summed E-state index contributed by atoms with van der Waals surface area (Å²) in [6, 6.07) is 14.5. The van der Waals surface area contributed by atoms with Gasteiger partial charge in [-0.15, -0.1) is 0 Å². The van der Waals surface area contributed by atoms with Gasteiger partial charge in [0, 0.05) is 20.3 Å². The molecule has 4 heteroatoms. The van der Waals surface area contributed by atoms with Crippen molar-refractivity contribution in [2.75, 3.05) is 0 Å². The molecule has 19 heavy (non-hydrogen) atoms. The van der Waals surface area contributed by atoms with E-state index in [1.54, 1.807) is 11.8 Å². The molecule has 0 amide bonds. The first-order valence-corrected chi connectivity index (χ1v) is 8.01. The summed E-state index contributed by atoms with van der Waals surface area (Å²) < 4.78 is 1.07. The highest BCUT2D eigenvalue weighted by atomic mass is 79.9. The van der Waals surface area contributed by atoms with Crippen LogP contribution in [-0.4, -0.2) is 6.04 Å². The molecule has 0 heterocycles. The molecule has 0 aliphatic carbocycles. The molecule has 0 aliphatic heterocycles. The highest BCUT2D eigenvalue weighted by molar-refractivity contribution is 9.10. The molecule has 2 N–H and O–H groups in total. The van der Waals surface area contributed by atoms with Gasteiger partial charge in [0.15, 0.2) is 0 Å². The van der Waals surface area contributed by atoms with Crippen molar-refractivity contribution in [2.24, 2.45) is 5.73 Å². The van der Waals surface area contributed by atoms with E-state index in [0.29, 0.717) is 0 Å². The van der Waals surface area contributed by atoms with Gasteiger partial charge in [0.05, 0.1) is 5.02 Å². The standard InChI is InChI=1S/C15H15BrClNS/c1-10(18)7-11-5-6-15(14(17)8-11)19-13-4-2-3-12(16)9-13/h2-6,8-10H,7,18H2,1H3. The van der Waals surface area contributed by atoms with Gasteiger partial charge in [-0.2, -0.15) is 0 Å². The molecular formula is C15H15BrClNS. The highest BCUT2D eigenvalue weighted by Gasteiger charge is 2.06. The van der Waals surface area contributed by atoms with Crippen LogP contribution in [0.2, 0.25) is 5.02 Å². The van der Waals surface area contributed by atoms with Crippen molar-refractivity contribution in [3.63, 3.8) is 0 Å². The summed E-state index contributed by atoms with van der Waals surface area (Å²) in [6.45, 7) is 2.00. The number of rotatable bonds is 4. The fourth-order valence-corrected chi connectivity index (χ4v) is 3.53. The van der Waals surface area contributed by atoms with Crippen LogP contribution in [0.15, 0.2) is 56.7 Å². The molecule has 0 radical (unpaired) electrons. The predicted molar refractivity (Wildman–Crippen MR) is 87.1 cm³/mol. The van der Waals surface area contributed by atoms with Crippen molar-refractivity contribution in [2.45, 2.75) is 29.2 Å². The Kier molecular flexibility index (Phi) is 5.34. The molecule has 0 spiro atoms. The van der Waals surface area contributed by atoms with Crippen molar-refractivity contribution >= 4 is 39.3 Å². The minimum absolute atomic E-state index is 0.152. The van der Waals surface area contributed by atoms with Crippen LogP contribution in [0.25, 0.3) is 0 Å². The van der Waals surface area contributed by atoms with Gasteiger partial charge in [0.1, 0.15) is 0 Å². The summed E-state index contributed by atoms with van der Waals surface area (Å²) in [5.41, 5.74) is 6.98. The number of halogens is 2. The van der Waals surface area contributed by atoms with E-state index in [4.69, 9.17) is 17.3 Å². The smallest absolute Gasteiger partial charge is 0.0548 e. The summed E-state index contributed by atoms with van der Waals surface area (Å²) in [7, 11) is 0. The maximum absolute atomic E-state index is 6.33. The molecule has 0 bridgehead atoms.